The molecule has 0 aliphatic rings. The molecule has 0 N–H and O–H groups in total. The van der Waals surface area contributed by atoms with Crippen LogP contribution in [0.3, 0.4) is 0 Å². The van der Waals surface area contributed by atoms with E-state index in [9.17, 15) is 4.79 Å². The zero-order valence-corrected chi connectivity index (χ0v) is 15.6. The van der Waals surface area contributed by atoms with Gasteiger partial charge in [0.1, 0.15) is 5.69 Å². The first-order valence-corrected chi connectivity index (χ1v) is 9.07. The van der Waals surface area contributed by atoms with Crippen molar-refractivity contribution in [3.05, 3.63) is 53.0 Å². The third-order valence-electron chi connectivity index (χ3n) is 3.97. The Morgan fingerprint density at radius 1 is 1.08 bits per heavy atom. The summed E-state index contributed by atoms with van der Waals surface area (Å²) in [6, 6.07) is 16.1. The average molecular weight is 400 g/mol. The summed E-state index contributed by atoms with van der Waals surface area (Å²) in [6.45, 7) is 1.59. The minimum Gasteiger partial charge on any atom is -0.327 e. The zero-order chi connectivity index (χ0) is 16.8. The van der Waals surface area contributed by atoms with E-state index in [1.54, 1.807) is 6.92 Å². The van der Waals surface area contributed by atoms with Gasteiger partial charge in [-0.3, -0.25) is 4.79 Å². The van der Waals surface area contributed by atoms with Crippen LogP contribution in [0.4, 0.5) is 0 Å². The number of fused-ring (bicyclic) bond motifs is 3. The molecular weight excluding hydrogens is 386 g/mol. The lowest BCUT2D eigenvalue weighted by Crippen LogP contribution is -1.91. The molecule has 0 aliphatic heterocycles. The Bertz CT molecular complexity index is 1080. The summed E-state index contributed by atoms with van der Waals surface area (Å²) in [6.07, 6.45) is 0. The van der Waals surface area contributed by atoms with Gasteiger partial charge in [0.2, 0.25) is 0 Å². The standard InChI is InChI=1S/C18H14BrN3OS/c1-11(23)24-17-16(12-7-9-13(19)10-8-12)20-22-15-6-4-3-5-14(15)21(2)18(17)22/h3-10H,1-2H3. The topological polar surface area (TPSA) is 39.3 Å². The Labute approximate surface area is 151 Å². The van der Waals surface area contributed by atoms with Crippen molar-refractivity contribution in [3.63, 3.8) is 0 Å². The van der Waals surface area contributed by atoms with Crippen LogP contribution in [0.1, 0.15) is 6.92 Å². The van der Waals surface area contributed by atoms with Gasteiger partial charge in [-0.25, -0.2) is 4.52 Å². The maximum Gasteiger partial charge on any atom is 0.190 e. The van der Waals surface area contributed by atoms with Crippen molar-refractivity contribution >= 4 is 49.5 Å². The smallest absolute Gasteiger partial charge is 0.190 e. The summed E-state index contributed by atoms with van der Waals surface area (Å²) in [5.41, 5.74) is 4.89. The predicted molar refractivity (Wildman–Crippen MR) is 101 cm³/mol. The monoisotopic (exact) mass is 399 g/mol. The number of carbonyl (C=O) groups excluding carboxylic acids is 1. The molecule has 2 aromatic carbocycles. The van der Waals surface area contributed by atoms with Crippen LogP contribution in [-0.2, 0) is 11.8 Å². The third kappa shape index (κ3) is 2.37. The lowest BCUT2D eigenvalue weighted by atomic mass is 10.1. The van der Waals surface area contributed by atoms with E-state index in [4.69, 9.17) is 5.10 Å². The van der Waals surface area contributed by atoms with E-state index in [0.717, 1.165) is 37.3 Å². The lowest BCUT2D eigenvalue weighted by molar-refractivity contribution is -0.109. The first-order chi connectivity index (χ1) is 11.6. The van der Waals surface area contributed by atoms with Gasteiger partial charge in [-0.2, -0.15) is 5.10 Å². The Morgan fingerprint density at radius 2 is 1.75 bits per heavy atom. The van der Waals surface area contributed by atoms with E-state index < -0.39 is 0 Å². The highest BCUT2D eigenvalue weighted by Gasteiger charge is 2.21. The molecule has 120 valence electrons. The number of imidazole rings is 1. The van der Waals surface area contributed by atoms with Gasteiger partial charge in [0, 0.05) is 24.0 Å². The first-order valence-electron chi connectivity index (χ1n) is 7.47. The summed E-state index contributed by atoms with van der Waals surface area (Å²) in [4.78, 5) is 12.7. The number of halogens is 1. The van der Waals surface area contributed by atoms with Crippen molar-refractivity contribution in [2.75, 3.05) is 0 Å². The number of para-hydroxylation sites is 2. The van der Waals surface area contributed by atoms with Crippen LogP contribution in [0.5, 0.6) is 0 Å². The van der Waals surface area contributed by atoms with Crippen LogP contribution in [0, 0.1) is 0 Å². The van der Waals surface area contributed by atoms with Gasteiger partial charge in [-0.05, 0) is 36.0 Å². The number of hydrogen-bond donors (Lipinski definition) is 0. The minimum atomic E-state index is 0.0496. The molecule has 0 fully saturated rings. The fourth-order valence-corrected chi connectivity index (χ4v) is 4.05. The molecule has 0 atom stereocenters. The number of thioether (sulfide) groups is 1. The van der Waals surface area contributed by atoms with Crippen molar-refractivity contribution in [3.8, 4) is 11.3 Å². The van der Waals surface area contributed by atoms with Crippen molar-refractivity contribution in [2.45, 2.75) is 11.8 Å². The number of benzene rings is 2. The minimum absolute atomic E-state index is 0.0496. The largest absolute Gasteiger partial charge is 0.327 e. The molecule has 4 aromatic rings. The quantitative estimate of drug-likeness (QED) is 0.450. The van der Waals surface area contributed by atoms with Crippen molar-refractivity contribution in [2.24, 2.45) is 7.05 Å². The summed E-state index contributed by atoms with van der Waals surface area (Å²) in [7, 11) is 2.01. The summed E-state index contributed by atoms with van der Waals surface area (Å²) in [5.74, 6) is 0. The molecule has 0 aliphatic carbocycles. The Morgan fingerprint density at radius 3 is 2.42 bits per heavy atom. The molecule has 24 heavy (non-hydrogen) atoms. The fourth-order valence-electron chi connectivity index (χ4n) is 2.93. The van der Waals surface area contributed by atoms with E-state index in [2.05, 4.69) is 26.6 Å². The van der Waals surface area contributed by atoms with Gasteiger partial charge in [0.25, 0.3) is 0 Å². The molecule has 0 radical (unpaired) electrons. The average Bonchev–Trinajstić information content (AvgIpc) is 3.06. The van der Waals surface area contributed by atoms with E-state index in [1.165, 1.54) is 11.8 Å². The Balaban J connectivity index is 2.08. The van der Waals surface area contributed by atoms with Crippen LogP contribution < -0.4 is 0 Å². The van der Waals surface area contributed by atoms with Crippen LogP contribution in [0.2, 0.25) is 0 Å². The molecule has 4 nitrogen and oxygen atoms in total. The molecular formula is C18H14BrN3OS. The van der Waals surface area contributed by atoms with Gasteiger partial charge in [-0.15, -0.1) is 0 Å². The Hall–Kier alpha value is -2.05. The van der Waals surface area contributed by atoms with Gasteiger partial charge in [-0.1, -0.05) is 40.2 Å². The molecule has 0 spiro atoms. The second-order valence-electron chi connectivity index (χ2n) is 5.56. The van der Waals surface area contributed by atoms with E-state index in [-0.39, 0.29) is 5.12 Å². The molecule has 4 rings (SSSR count). The van der Waals surface area contributed by atoms with Crippen LogP contribution >= 0.6 is 27.7 Å². The molecule has 0 saturated carbocycles. The van der Waals surface area contributed by atoms with Crippen molar-refractivity contribution in [1.82, 2.24) is 14.2 Å². The van der Waals surface area contributed by atoms with Crippen LogP contribution in [0.25, 0.3) is 27.9 Å². The molecule has 0 bridgehead atoms. The number of nitrogens with zero attached hydrogens (tertiary/aromatic N) is 3. The zero-order valence-electron chi connectivity index (χ0n) is 13.2. The highest BCUT2D eigenvalue weighted by atomic mass is 79.9. The summed E-state index contributed by atoms with van der Waals surface area (Å²) in [5, 5.41) is 4.87. The molecule has 2 aromatic heterocycles. The number of aromatic nitrogens is 3. The van der Waals surface area contributed by atoms with Crippen LogP contribution in [0.15, 0.2) is 57.9 Å². The van der Waals surface area contributed by atoms with E-state index >= 15 is 0 Å². The van der Waals surface area contributed by atoms with Crippen LogP contribution in [-0.4, -0.2) is 19.3 Å². The second-order valence-corrected chi connectivity index (χ2v) is 7.66. The number of carbonyl (C=O) groups is 1. The third-order valence-corrected chi connectivity index (χ3v) is 5.37. The number of rotatable bonds is 2. The molecule has 2 heterocycles. The molecule has 0 saturated heterocycles. The molecule has 0 unspecified atom stereocenters. The lowest BCUT2D eigenvalue weighted by Gasteiger charge is -2.03. The summed E-state index contributed by atoms with van der Waals surface area (Å²) < 4.78 is 5.04. The highest BCUT2D eigenvalue weighted by molar-refractivity contribution is 9.10. The Kier molecular flexibility index (Phi) is 3.73. The molecule has 6 heteroatoms. The number of aryl methyl sites for hydroxylation is 1. The first kappa shape index (κ1) is 15.5. The SMILES string of the molecule is CC(=O)Sc1c(-c2ccc(Br)cc2)nn2c3ccccc3n(C)c12. The van der Waals surface area contributed by atoms with Crippen molar-refractivity contribution < 1.29 is 4.79 Å². The second kappa shape index (κ2) is 5.79. The maximum absolute atomic E-state index is 11.8. The van der Waals surface area contributed by atoms with E-state index in [1.807, 2.05) is 54.0 Å². The fraction of sp³-hybridized carbons (Fsp3) is 0.111. The predicted octanol–water partition coefficient (Wildman–Crippen LogP) is 4.89. The molecule has 0 amide bonds. The van der Waals surface area contributed by atoms with Gasteiger partial charge in [0.15, 0.2) is 10.8 Å². The normalized spacial score (nSPS) is 11.5. The van der Waals surface area contributed by atoms with E-state index in [0.29, 0.717) is 0 Å². The summed E-state index contributed by atoms with van der Waals surface area (Å²) >= 11 is 4.69. The number of hydrogen-bond acceptors (Lipinski definition) is 3. The van der Waals surface area contributed by atoms with Gasteiger partial charge >= 0.3 is 0 Å². The van der Waals surface area contributed by atoms with Gasteiger partial charge < -0.3 is 4.57 Å². The highest BCUT2D eigenvalue weighted by Crippen LogP contribution is 2.37. The van der Waals surface area contributed by atoms with Gasteiger partial charge in [0.05, 0.1) is 15.9 Å². The maximum atomic E-state index is 11.8. The van der Waals surface area contributed by atoms with Crippen molar-refractivity contribution in [1.29, 1.82) is 0 Å².